The minimum atomic E-state index is 0.628. The maximum atomic E-state index is 5.75. The smallest absolute Gasteiger partial charge is 0.181 e. The van der Waals surface area contributed by atoms with Gasteiger partial charge in [0.25, 0.3) is 0 Å². The van der Waals surface area contributed by atoms with Crippen molar-refractivity contribution in [2.45, 2.75) is 19.6 Å². The molecule has 3 heterocycles. The summed E-state index contributed by atoms with van der Waals surface area (Å²) in [7, 11) is 0. The number of fused-ring (bicyclic) bond motifs is 2. The number of aromatic nitrogens is 4. The summed E-state index contributed by atoms with van der Waals surface area (Å²) in [5.74, 6) is 1.04. The number of anilines is 1. The lowest BCUT2D eigenvalue weighted by molar-refractivity contribution is 0.209. The molecule has 0 radical (unpaired) electrons. The highest BCUT2D eigenvalue weighted by atomic mass is 32.1. The van der Waals surface area contributed by atoms with Crippen molar-refractivity contribution in [1.29, 1.82) is 0 Å². The lowest BCUT2D eigenvalue weighted by Crippen LogP contribution is -2.33. The number of thiazole rings is 1. The highest BCUT2D eigenvalue weighted by Gasteiger charge is 2.17. The van der Waals surface area contributed by atoms with Crippen molar-refractivity contribution in [3.05, 3.63) is 35.9 Å². The first-order chi connectivity index (χ1) is 9.78. The van der Waals surface area contributed by atoms with Crippen LogP contribution < -0.4 is 5.73 Å². The SMILES string of the molecule is Nc1nc2ccc(CN3CCn4cnnc4C3)cc2s1. The third-order valence-electron chi connectivity index (χ3n) is 3.59. The molecule has 3 aromatic rings. The Morgan fingerprint density at radius 1 is 1.30 bits per heavy atom. The normalized spacial score (nSPS) is 15.6. The number of nitrogens with zero attached hydrogens (tertiary/aromatic N) is 5. The van der Waals surface area contributed by atoms with Crippen molar-refractivity contribution >= 4 is 26.7 Å². The van der Waals surface area contributed by atoms with Gasteiger partial charge in [0.2, 0.25) is 0 Å². The van der Waals surface area contributed by atoms with Crippen molar-refractivity contribution in [2.24, 2.45) is 0 Å². The molecule has 102 valence electrons. The lowest BCUT2D eigenvalue weighted by atomic mass is 10.2. The molecule has 0 saturated heterocycles. The lowest BCUT2D eigenvalue weighted by Gasteiger charge is -2.26. The molecule has 0 aliphatic carbocycles. The Balaban J connectivity index is 1.56. The van der Waals surface area contributed by atoms with Crippen LogP contribution in [0.1, 0.15) is 11.4 Å². The maximum absolute atomic E-state index is 5.75. The molecule has 0 bridgehead atoms. The second-order valence-electron chi connectivity index (χ2n) is 5.01. The Hall–Kier alpha value is -1.99. The van der Waals surface area contributed by atoms with Gasteiger partial charge in [-0.05, 0) is 17.7 Å². The van der Waals surface area contributed by atoms with Crippen LogP contribution in [0, 0.1) is 0 Å². The number of nitrogens with two attached hydrogens (primary N) is 1. The molecule has 1 aromatic carbocycles. The number of hydrogen-bond donors (Lipinski definition) is 1. The predicted molar refractivity (Wildman–Crippen MR) is 78.2 cm³/mol. The first-order valence-electron chi connectivity index (χ1n) is 6.52. The van der Waals surface area contributed by atoms with Crippen LogP contribution in [0.15, 0.2) is 24.5 Å². The van der Waals surface area contributed by atoms with Gasteiger partial charge in [-0.1, -0.05) is 17.4 Å². The van der Waals surface area contributed by atoms with E-state index in [-0.39, 0.29) is 0 Å². The fourth-order valence-corrected chi connectivity index (χ4v) is 3.39. The van der Waals surface area contributed by atoms with Crippen molar-refractivity contribution in [2.75, 3.05) is 12.3 Å². The molecule has 0 saturated carbocycles. The van der Waals surface area contributed by atoms with Crippen LogP contribution in [-0.2, 0) is 19.6 Å². The second-order valence-corrected chi connectivity index (χ2v) is 6.07. The van der Waals surface area contributed by atoms with E-state index in [0.29, 0.717) is 5.13 Å². The molecule has 0 unspecified atom stereocenters. The van der Waals surface area contributed by atoms with Crippen molar-refractivity contribution in [1.82, 2.24) is 24.6 Å². The monoisotopic (exact) mass is 286 g/mol. The van der Waals surface area contributed by atoms with Crippen LogP contribution in [0.5, 0.6) is 0 Å². The summed E-state index contributed by atoms with van der Waals surface area (Å²) in [6.45, 7) is 3.75. The summed E-state index contributed by atoms with van der Waals surface area (Å²) in [6.07, 6.45) is 1.80. The quantitative estimate of drug-likeness (QED) is 0.772. The van der Waals surface area contributed by atoms with Gasteiger partial charge in [0.1, 0.15) is 12.2 Å². The van der Waals surface area contributed by atoms with Crippen LogP contribution in [0.2, 0.25) is 0 Å². The van der Waals surface area contributed by atoms with E-state index in [9.17, 15) is 0 Å². The molecule has 1 aliphatic rings. The molecule has 2 N–H and O–H groups in total. The van der Waals surface area contributed by atoms with Crippen LogP contribution in [0.25, 0.3) is 10.2 Å². The molecule has 20 heavy (non-hydrogen) atoms. The summed E-state index contributed by atoms with van der Waals surface area (Å²) in [4.78, 5) is 6.67. The number of benzene rings is 1. The Morgan fingerprint density at radius 2 is 2.25 bits per heavy atom. The summed E-state index contributed by atoms with van der Waals surface area (Å²) in [6, 6.07) is 6.35. The summed E-state index contributed by atoms with van der Waals surface area (Å²) < 4.78 is 3.27. The highest BCUT2D eigenvalue weighted by Crippen LogP contribution is 2.25. The number of hydrogen-bond acceptors (Lipinski definition) is 6. The van der Waals surface area contributed by atoms with Gasteiger partial charge in [0.05, 0.1) is 16.8 Å². The summed E-state index contributed by atoms with van der Waals surface area (Å²) >= 11 is 1.54. The van der Waals surface area contributed by atoms with Crippen LogP contribution >= 0.6 is 11.3 Å². The minimum absolute atomic E-state index is 0.628. The zero-order valence-corrected chi connectivity index (χ0v) is 11.7. The van der Waals surface area contributed by atoms with E-state index in [2.05, 4.69) is 36.8 Å². The fraction of sp³-hybridized carbons (Fsp3) is 0.308. The molecule has 0 atom stereocenters. The van der Waals surface area contributed by atoms with Crippen LogP contribution in [0.4, 0.5) is 5.13 Å². The topological polar surface area (TPSA) is 72.9 Å². The predicted octanol–water partition coefficient (Wildman–Crippen LogP) is 1.49. The van der Waals surface area contributed by atoms with Crippen molar-refractivity contribution in [3.8, 4) is 0 Å². The number of nitrogen functional groups attached to an aromatic ring is 1. The van der Waals surface area contributed by atoms with Gasteiger partial charge in [-0.25, -0.2) is 4.98 Å². The van der Waals surface area contributed by atoms with E-state index in [1.54, 1.807) is 6.33 Å². The molecule has 7 heteroatoms. The van der Waals surface area contributed by atoms with E-state index < -0.39 is 0 Å². The van der Waals surface area contributed by atoms with E-state index in [1.165, 1.54) is 16.9 Å². The Bertz CT molecular complexity index is 761. The molecular formula is C13H14N6S. The first-order valence-corrected chi connectivity index (χ1v) is 7.33. The fourth-order valence-electron chi connectivity index (χ4n) is 2.59. The average molecular weight is 286 g/mol. The third kappa shape index (κ3) is 2.04. The summed E-state index contributed by atoms with van der Waals surface area (Å²) in [5, 5.41) is 8.73. The number of rotatable bonds is 2. The van der Waals surface area contributed by atoms with Gasteiger partial charge in [-0.2, -0.15) is 0 Å². The minimum Gasteiger partial charge on any atom is -0.375 e. The standard InChI is InChI=1S/C13H14N6S/c14-13-16-10-2-1-9(5-11(10)20-13)6-18-3-4-19-8-15-17-12(19)7-18/h1-2,5,8H,3-4,6-7H2,(H2,14,16). The van der Waals surface area contributed by atoms with Gasteiger partial charge in [0.15, 0.2) is 5.13 Å². The van der Waals surface area contributed by atoms with Crippen LogP contribution in [-0.4, -0.2) is 31.2 Å². The Labute approximate surface area is 119 Å². The van der Waals surface area contributed by atoms with Gasteiger partial charge < -0.3 is 10.3 Å². The largest absolute Gasteiger partial charge is 0.375 e. The summed E-state index contributed by atoms with van der Waals surface area (Å²) in [5.41, 5.74) is 8.01. The van der Waals surface area contributed by atoms with Gasteiger partial charge in [0, 0.05) is 19.6 Å². The van der Waals surface area contributed by atoms with E-state index >= 15 is 0 Å². The maximum Gasteiger partial charge on any atom is 0.181 e. The Morgan fingerprint density at radius 3 is 3.20 bits per heavy atom. The zero-order chi connectivity index (χ0) is 13.5. The zero-order valence-electron chi connectivity index (χ0n) is 10.9. The van der Waals surface area contributed by atoms with Crippen molar-refractivity contribution in [3.63, 3.8) is 0 Å². The van der Waals surface area contributed by atoms with Gasteiger partial charge >= 0.3 is 0 Å². The van der Waals surface area contributed by atoms with Gasteiger partial charge in [-0.3, -0.25) is 4.90 Å². The van der Waals surface area contributed by atoms with Crippen molar-refractivity contribution < 1.29 is 0 Å². The van der Waals surface area contributed by atoms with Crippen LogP contribution in [0.3, 0.4) is 0 Å². The first kappa shape index (κ1) is 11.8. The average Bonchev–Trinajstić information content (AvgIpc) is 3.02. The molecule has 2 aromatic heterocycles. The molecule has 1 aliphatic heterocycles. The molecular weight excluding hydrogens is 272 g/mol. The molecule has 0 amide bonds. The van der Waals surface area contributed by atoms with E-state index in [0.717, 1.165) is 42.2 Å². The highest BCUT2D eigenvalue weighted by molar-refractivity contribution is 7.22. The molecule has 4 rings (SSSR count). The molecule has 0 spiro atoms. The van der Waals surface area contributed by atoms with E-state index in [4.69, 9.17) is 5.73 Å². The van der Waals surface area contributed by atoms with Gasteiger partial charge in [-0.15, -0.1) is 10.2 Å². The van der Waals surface area contributed by atoms with E-state index in [1.807, 2.05) is 6.07 Å². The third-order valence-corrected chi connectivity index (χ3v) is 4.44. The molecule has 0 fully saturated rings. The Kier molecular flexibility index (Phi) is 2.68. The molecule has 6 nitrogen and oxygen atoms in total. The second kappa shape index (κ2) is 4.53.